The lowest BCUT2D eigenvalue weighted by molar-refractivity contribution is 0.584. The minimum atomic E-state index is -3.50. The number of sulfonamides is 1. The van der Waals surface area contributed by atoms with E-state index in [1.54, 1.807) is 24.4 Å². The molecule has 0 spiro atoms. The third-order valence-corrected chi connectivity index (χ3v) is 2.84. The van der Waals surface area contributed by atoms with Crippen LogP contribution in [0.1, 0.15) is 13.8 Å². The summed E-state index contributed by atoms with van der Waals surface area (Å²) in [6, 6.07) is 8.14. The SMILES string of the molecule is CC(C)C=NNS(=O)(=O)c1ccccc1. The van der Waals surface area contributed by atoms with Crippen molar-refractivity contribution in [2.75, 3.05) is 0 Å². The average molecular weight is 226 g/mol. The molecule has 0 radical (unpaired) electrons. The minimum absolute atomic E-state index is 0.212. The van der Waals surface area contributed by atoms with Crippen LogP contribution in [0.4, 0.5) is 0 Å². The second-order valence-corrected chi connectivity index (χ2v) is 5.09. The van der Waals surface area contributed by atoms with Gasteiger partial charge in [-0.3, -0.25) is 0 Å². The van der Waals surface area contributed by atoms with Crippen LogP contribution in [-0.4, -0.2) is 14.6 Å². The van der Waals surface area contributed by atoms with E-state index in [-0.39, 0.29) is 10.8 Å². The van der Waals surface area contributed by atoms with E-state index in [1.165, 1.54) is 12.1 Å². The summed E-state index contributed by atoms with van der Waals surface area (Å²) < 4.78 is 23.2. The largest absolute Gasteiger partial charge is 0.276 e. The number of nitrogens with zero attached hydrogens (tertiary/aromatic N) is 1. The maximum atomic E-state index is 11.6. The van der Waals surface area contributed by atoms with Gasteiger partial charge in [0.2, 0.25) is 0 Å². The van der Waals surface area contributed by atoms with Gasteiger partial charge >= 0.3 is 0 Å². The van der Waals surface area contributed by atoms with Gasteiger partial charge in [0.15, 0.2) is 0 Å². The van der Waals surface area contributed by atoms with Crippen molar-refractivity contribution in [3.63, 3.8) is 0 Å². The molecule has 0 aliphatic rings. The fourth-order valence-electron chi connectivity index (χ4n) is 0.901. The number of hydrazone groups is 1. The molecule has 82 valence electrons. The smallest absolute Gasteiger partial charge is 0.200 e. The summed E-state index contributed by atoms with van der Waals surface area (Å²) in [5.74, 6) is 0.212. The van der Waals surface area contributed by atoms with Gasteiger partial charge < -0.3 is 0 Å². The fourth-order valence-corrected chi connectivity index (χ4v) is 1.72. The maximum Gasteiger partial charge on any atom is 0.276 e. The first-order valence-electron chi connectivity index (χ1n) is 4.62. The molecule has 0 unspecified atom stereocenters. The van der Waals surface area contributed by atoms with Crippen molar-refractivity contribution >= 4 is 16.2 Å². The highest BCUT2D eigenvalue weighted by molar-refractivity contribution is 7.89. The van der Waals surface area contributed by atoms with Crippen LogP contribution in [0.2, 0.25) is 0 Å². The normalized spacial score (nSPS) is 12.2. The molecule has 0 saturated carbocycles. The van der Waals surface area contributed by atoms with Gasteiger partial charge in [-0.2, -0.15) is 13.5 Å². The van der Waals surface area contributed by atoms with Gasteiger partial charge in [0.25, 0.3) is 10.0 Å². The number of nitrogens with one attached hydrogen (secondary N) is 1. The molecule has 0 fully saturated rings. The summed E-state index contributed by atoms with van der Waals surface area (Å²) >= 11 is 0. The van der Waals surface area contributed by atoms with E-state index in [0.717, 1.165) is 0 Å². The molecule has 0 atom stereocenters. The molecule has 15 heavy (non-hydrogen) atoms. The Morgan fingerprint density at radius 1 is 1.27 bits per heavy atom. The van der Waals surface area contributed by atoms with E-state index in [0.29, 0.717) is 0 Å². The second kappa shape index (κ2) is 4.93. The van der Waals surface area contributed by atoms with E-state index in [1.807, 2.05) is 13.8 Å². The van der Waals surface area contributed by atoms with Gasteiger partial charge in [-0.25, -0.2) is 4.83 Å². The highest BCUT2D eigenvalue weighted by atomic mass is 32.2. The number of hydrogen-bond donors (Lipinski definition) is 1. The van der Waals surface area contributed by atoms with Crippen LogP contribution in [0, 0.1) is 5.92 Å². The van der Waals surface area contributed by atoms with E-state index in [2.05, 4.69) is 9.93 Å². The molecule has 0 aliphatic heterocycles. The Kier molecular flexibility index (Phi) is 3.85. The predicted octanol–water partition coefficient (Wildman–Crippen LogP) is 1.61. The van der Waals surface area contributed by atoms with Gasteiger partial charge in [-0.15, -0.1) is 0 Å². The first-order chi connectivity index (χ1) is 7.02. The topological polar surface area (TPSA) is 58.5 Å². The minimum Gasteiger partial charge on any atom is -0.200 e. The first kappa shape index (κ1) is 11.7. The molecule has 4 nitrogen and oxygen atoms in total. The summed E-state index contributed by atoms with van der Waals surface area (Å²) in [6.45, 7) is 3.83. The van der Waals surface area contributed by atoms with Crippen LogP contribution in [0.15, 0.2) is 40.3 Å². The first-order valence-corrected chi connectivity index (χ1v) is 6.11. The highest BCUT2D eigenvalue weighted by Crippen LogP contribution is 2.06. The van der Waals surface area contributed by atoms with Gasteiger partial charge in [0.1, 0.15) is 0 Å². The maximum absolute atomic E-state index is 11.6. The van der Waals surface area contributed by atoms with E-state index in [9.17, 15) is 8.42 Å². The Balaban J connectivity index is 2.78. The Morgan fingerprint density at radius 3 is 2.40 bits per heavy atom. The van der Waals surface area contributed by atoms with Crippen LogP contribution < -0.4 is 4.83 Å². The quantitative estimate of drug-likeness (QED) is 0.626. The zero-order chi connectivity index (χ0) is 11.3. The zero-order valence-corrected chi connectivity index (χ0v) is 9.53. The molecule has 1 rings (SSSR count). The van der Waals surface area contributed by atoms with Gasteiger partial charge in [-0.05, 0) is 18.1 Å². The van der Waals surface area contributed by atoms with E-state index in [4.69, 9.17) is 0 Å². The average Bonchev–Trinajstić information content (AvgIpc) is 2.18. The van der Waals surface area contributed by atoms with Crippen LogP contribution >= 0.6 is 0 Å². The van der Waals surface area contributed by atoms with E-state index < -0.39 is 10.0 Å². The molecule has 1 aromatic carbocycles. The third-order valence-electron chi connectivity index (χ3n) is 1.60. The van der Waals surface area contributed by atoms with Crippen molar-refractivity contribution < 1.29 is 8.42 Å². The molecule has 0 heterocycles. The fraction of sp³-hybridized carbons (Fsp3) is 0.300. The van der Waals surface area contributed by atoms with Crippen molar-refractivity contribution in [3.05, 3.63) is 30.3 Å². The zero-order valence-electron chi connectivity index (χ0n) is 8.71. The molecule has 0 aromatic heterocycles. The molecule has 0 saturated heterocycles. The molecule has 1 aromatic rings. The lowest BCUT2D eigenvalue weighted by atomic mass is 10.3. The molecule has 1 N–H and O–H groups in total. The van der Waals surface area contributed by atoms with Gasteiger partial charge in [0, 0.05) is 6.21 Å². The van der Waals surface area contributed by atoms with Gasteiger partial charge in [-0.1, -0.05) is 32.0 Å². The Bertz CT molecular complexity index is 424. The molecule has 5 heteroatoms. The summed E-state index contributed by atoms with van der Waals surface area (Å²) in [5.41, 5.74) is 0. The third kappa shape index (κ3) is 3.71. The van der Waals surface area contributed by atoms with Crippen molar-refractivity contribution in [3.8, 4) is 0 Å². The summed E-state index contributed by atoms with van der Waals surface area (Å²) in [4.78, 5) is 2.36. The van der Waals surface area contributed by atoms with Crippen LogP contribution in [0.25, 0.3) is 0 Å². The van der Waals surface area contributed by atoms with Crippen LogP contribution in [0.3, 0.4) is 0 Å². The van der Waals surface area contributed by atoms with Crippen molar-refractivity contribution in [2.45, 2.75) is 18.7 Å². The number of rotatable bonds is 4. The number of hydrogen-bond acceptors (Lipinski definition) is 3. The van der Waals surface area contributed by atoms with Crippen molar-refractivity contribution in [1.82, 2.24) is 4.83 Å². The Hall–Kier alpha value is -1.36. The van der Waals surface area contributed by atoms with E-state index >= 15 is 0 Å². The van der Waals surface area contributed by atoms with Crippen molar-refractivity contribution in [1.29, 1.82) is 0 Å². The standard InChI is InChI=1S/C10H14N2O2S/c1-9(2)8-11-12-15(13,14)10-6-4-3-5-7-10/h3-9,12H,1-2H3. The second-order valence-electron chi connectivity index (χ2n) is 3.43. The Labute approximate surface area is 90.1 Å². The Morgan fingerprint density at radius 2 is 1.87 bits per heavy atom. The van der Waals surface area contributed by atoms with Gasteiger partial charge in [0.05, 0.1) is 4.90 Å². The van der Waals surface area contributed by atoms with Crippen molar-refractivity contribution in [2.24, 2.45) is 11.0 Å². The molecule has 0 bridgehead atoms. The lowest BCUT2D eigenvalue weighted by Crippen LogP contribution is -2.18. The highest BCUT2D eigenvalue weighted by Gasteiger charge is 2.10. The summed E-state index contributed by atoms with van der Waals surface area (Å²) in [7, 11) is -3.50. The molecule has 0 amide bonds. The molecule has 0 aliphatic carbocycles. The summed E-state index contributed by atoms with van der Waals surface area (Å²) in [5, 5.41) is 3.66. The predicted molar refractivity (Wildman–Crippen MR) is 60.1 cm³/mol. The number of benzene rings is 1. The van der Waals surface area contributed by atoms with Crippen LogP contribution in [-0.2, 0) is 10.0 Å². The van der Waals surface area contributed by atoms with Crippen LogP contribution in [0.5, 0.6) is 0 Å². The lowest BCUT2D eigenvalue weighted by Gasteiger charge is -2.02. The monoisotopic (exact) mass is 226 g/mol. The summed E-state index contributed by atoms with van der Waals surface area (Å²) in [6.07, 6.45) is 1.54. The molecular formula is C10H14N2O2S. The molecular weight excluding hydrogens is 212 g/mol.